The van der Waals surface area contributed by atoms with Crippen molar-refractivity contribution < 1.29 is 17.9 Å². The number of halogens is 3. The summed E-state index contributed by atoms with van der Waals surface area (Å²) >= 11 is 0. The van der Waals surface area contributed by atoms with Gasteiger partial charge in [-0.25, -0.2) is 0 Å². The number of nitrogens with one attached hydrogen (secondary N) is 2. The molecule has 0 atom stereocenters. The van der Waals surface area contributed by atoms with E-state index in [0.717, 1.165) is 31.0 Å². The summed E-state index contributed by atoms with van der Waals surface area (Å²) in [5.41, 5.74) is 1.74. The summed E-state index contributed by atoms with van der Waals surface area (Å²) in [6, 6.07) is 7.31. The van der Waals surface area contributed by atoms with Gasteiger partial charge in [0.1, 0.15) is 6.61 Å². The molecule has 0 radical (unpaired) electrons. The molecule has 8 heteroatoms. The van der Waals surface area contributed by atoms with E-state index in [2.05, 4.69) is 39.4 Å². The minimum atomic E-state index is -4.29. The van der Waals surface area contributed by atoms with Crippen LogP contribution in [-0.4, -0.2) is 57.9 Å². The van der Waals surface area contributed by atoms with E-state index in [1.807, 2.05) is 12.1 Å². The van der Waals surface area contributed by atoms with Crippen molar-refractivity contribution >= 4 is 5.96 Å². The van der Waals surface area contributed by atoms with Gasteiger partial charge in [-0.05, 0) is 44.6 Å². The molecule has 1 aromatic carbocycles. The Labute approximate surface area is 172 Å². The van der Waals surface area contributed by atoms with Crippen LogP contribution in [0, 0.1) is 0 Å². The smallest absolute Gasteiger partial charge is 0.367 e. The monoisotopic (exact) mass is 416 g/mol. The third kappa shape index (κ3) is 13.9. The van der Waals surface area contributed by atoms with Gasteiger partial charge in [-0.15, -0.1) is 0 Å². The summed E-state index contributed by atoms with van der Waals surface area (Å²) in [4.78, 5) is 6.43. The molecular formula is C21H35F3N4O. The van der Waals surface area contributed by atoms with E-state index in [1.165, 1.54) is 25.7 Å². The summed E-state index contributed by atoms with van der Waals surface area (Å²) in [5, 5.41) is 6.55. The van der Waals surface area contributed by atoms with E-state index >= 15 is 0 Å². The molecule has 0 unspecified atom stereocenters. The molecule has 29 heavy (non-hydrogen) atoms. The van der Waals surface area contributed by atoms with E-state index in [-0.39, 0.29) is 6.61 Å². The lowest BCUT2D eigenvalue weighted by Crippen LogP contribution is -2.37. The second-order valence-electron chi connectivity index (χ2n) is 7.35. The molecule has 166 valence electrons. The molecule has 0 saturated carbocycles. The number of unbranched alkanes of at least 4 members (excludes halogenated alkanes) is 4. The third-order valence-corrected chi connectivity index (χ3v) is 4.32. The number of alkyl halides is 3. The number of aliphatic imine (C=N–C) groups is 1. The minimum absolute atomic E-state index is 0.0500. The topological polar surface area (TPSA) is 48.9 Å². The minimum Gasteiger partial charge on any atom is -0.367 e. The van der Waals surface area contributed by atoms with Gasteiger partial charge in [0.15, 0.2) is 5.96 Å². The van der Waals surface area contributed by atoms with Crippen LogP contribution >= 0.6 is 0 Å². The van der Waals surface area contributed by atoms with Crippen molar-refractivity contribution in [3.05, 3.63) is 35.4 Å². The van der Waals surface area contributed by atoms with Crippen LogP contribution in [0.15, 0.2) is 29.3 Å². The molecule has 0 bridgehead atoms. The predicted octanol–water partition coefficient (Wildman–Crippen LogP) is 3.94. The van der Waals surface area contributed by atoms with Crippen LogP contribution in [0.1, 0.15) is 43.2 Å². The summed E-state index contributed by atoms with van der Waals surface area (Å²) < 4.78 is 40.9. The lowest BCUT2D eigenvalue weighted by atomic mass is 10.1. The van der Waals surface area contributed by atoms with E-state index in [4.69, 9.17) is 0 Å². The maximum Gasteiger partial charge on any atom is 0.411 e. The highest BCUT2D eigenvalue weighted by atomic mass is 19.4. The van der Waals surface area contributed by atoms with Crippen molar-refractivity contribution in [1.82, 2.24) is 15.5 Å². The van der Waals surface area contributed by atoms with Gasteiger partial charge in [-0.1, -0.05) is 43.5 Å². The predicted molar refractivity (Wildman–Crippen MR) is 112 cm³/mol. The molecule has 0 spiro atoms. The van der Waals surface area contributed by atoms with Crippen molar-refractivity contribution in [3.63, 3.8) is 0 Å². The van der Waals surface area contributed by atoms with E-state index in [0.29, 0.717) is 12.1 Å². The number of hydrogen-bond donors (Lipinski definition) is 2. The molecule has 0 aliphatic heterocycles. The second kappa shape index (κ2) is 14.2. The molecule has 2 N–H and O–H groups in total. The van der Waals surface area contributed by atoms with Gasteiger partial charge in [0.05, 0.1) is 6.61 Å². The van der Waals surface area contributed by atoms with Crippen LogP contribution in [0.3, 0.4) is 0 Å². The largest absolute Gasteiger partial charge is 0.411 e. The molecule has 0 saturated heterocycles. The fourth-order valence-corrected chi connectivity index (χ4v) is 2.73. The van der Waals surface area contributed by atoms with Crippen molar-refractivity contribution in [3.8, 4) is 0 Å². The summed E-state index contributed by atoms with van der Waals surface area (Å²) in [5.74, 6) is 0.746. The standard InChI is InChI=1S/C21H35F3N4O/c1-25-20(26-13-7-5-4-6-8-14-28(2)3)27-15-18-9-11-19(12-10-18)16-29-17-21(22,23)24/h9-12H,4-8,13-17H2,1-3H3,(H2,25,26,27). The molecule has 0 heterocycles. The third-order valence-electron chi connectivity index (χ3n) is 4.32. The number of guanidine groups is 1. The highest BCUT2D eigenvalue weighted by molar-refractivity contribution is 5.79. The highest BCUT2D eigenvalue weighted by Gasteiger charge is 2.27. The first kappa shape index (κ1) is 25.2. The van der Waals surface area contributed by atoms with Crippen LogP contribution < -0.4 is 10.6 Å². The van der Waals surface area contributed by atoms with Crippen LogP contribution in [0.25, 0.3) is 0 Å². The fraction of sp³-hybridized carbons (Fsp3) is 0.667. The molecule has 0 fully saturated rings. The van der Waals surface area contributed by atoms with Gasteiger partial charge in [0.25, 0.3) is 0 Å². The Morgan fingerprint density at radius 1 is 0.966 bits per heavy atom. The average Bonchev–Trinajstić information content (AvgIpc) is 2.66. The highest BCUT2D eigenvalue weighted by Crippen LogP contribution is 2.15. The van der Waals surface area contributed by atoms with Gasteiger partial charge in [-0.2, -0.15) is 13.2 Å². The number of benzene rings is 1. The van der Waals surface area contributed by atoms with Gasteiger partial charge in [0, 0.05) is 20.1 Å². The molecule has 5 nitrogen and oxygen atoms in total. The van der Waals surface area contributed by atoms with Crippen molar-refractivity contribution in [2.45, 2.75) is 51.4 Å². The number of rotatable bonds is 13. The summed E-state index contributed by atoms with van der Waals surface area (Å²) in [6.07, 6.45) is 1.78. The average molecular weight is 417 g/mol. The number of nitrogens with zero attached hydrogens (tertiary/aromatic N) is 2. The molecule has 0 aliphatic carbocycles. The Morgan fingerprint density at radius 2 is 1.59 bits per heavy atom. The van der Waals surface area contributed by atoms with Crippen molar-refractivity contribution in [2.24, 2.45) is 4.99 Å². The van der Waals surface area contributed by atoms with E-state index in [1.54, 1.807) is 19.2 Å². The molecule has 1 aromatic rings. The molecule has 0 amide bonds. The first-order chi connectivity index (χ1) is 13.8. The summed E-state index contributed by atoms with van der Waals surface area (Å²) in [7, 11) is 5.94. The zero-order chi connectivity index (χ0) is 21.5. The Kier molecular flexibility index (Phi) is 12.4. The van der Waals surface area contributed by atoms with Crippen molar-refractivity contribution in [1.29, 1.82) is 0 Å². The maximum absolute atomic E-state index is 12.1. The molecule has 1 rings (SSSR count). The Bertz CT molecular complexity index is 574. The molecular weight excluding hydrogens is 381 g/mol. The van der Waals surface area contributed by atoms with Crippen LogP contribution in [0.4, 0.5) is 13.2 Å². The van der Waals surface area contributed by atoms with Crippen LogP contribution in [0.2, 0.25) is 0 Å². The molecule has 0 aliphatic rings. The maximum atomic E-state index is 12.1. The van der Waals surface area contributed by atoms with E-state index < -0.39 is 12.8 Å². The van der Waals surface area contributed by atoms with Crippen molar-refractivity contribution in [2.75, 3.05) is 40.8 Å². The SMILES string of the molecule is CN=C(NCCCCCCCN(C)C)NCc1ccc(COCC(F)(F)F)cc1. The summed E-state index contributed by atoms with van der Waals surface area (Å²) in [6.45, 7) is 1.34. The Morgan fingerprint density at radius 3 is 2.21 bits per heavy atom. The Balaban J connectivity index is 2.17. The Hall–Kier alpha value is -1.80. The van der Waals surface area contributed by atoms with Crippen LogP contribution in [-0.2, 0) is 17.9 Å². The van der Waals surface area contributed by atoms with Gasteiger partial charge in [-0.3, -0.25) is 4.99 Å². The zero-order valence-corrected chi connectivity index (χ0v) is 17.8. The van der Waals surface area contributed by atoms with Gasteiger partial charge >= 0.3 is 6.18 Å². The normalized spacial score (nSPS) is 12.4. The van der Waals surface area contributed by atoms with Crippen LogP contribution in [0.5, 0.6) is 0 Å². The van der Waals surface area contributed by atoms with Gasteiger partial charge in [0.2, 0.25) is 0 Å². The molecule has 0 aromatic heterocycles. The number of ether oxygens (including phenoxy) is 1. The first-order valence-corrected chi connectivity index (χ1v) is 10.1. The fourth-order valence-electron chi connectivity index (χ4n) is 2.73. The van der Waals surface area contributed by atoms with E-state index in [9.17, 15) is 13.2 Å². The number of hydrogen-bond acceptors (Lipinski definition) is 3. The second-order valence-corrected chi connectivity index (χ2v) is 7.35. The lowest BCUT2D eigenvalue weighted by molar-refractivity contribution is -0.176. The first-order valence-electron chi connectivity index (χ1n) is 10.1. The zero-order valence-electron chi connectivity index (χ0n) is 17.8. The lowest BCUT2D eigenvalue weighted by Gasteiger charge is -2.13. The quantitative estimate of drug-likeness (QED) is 0.291. The van der Waals surface area contributed by atoms with Gasteiger partial charge < -0.3 is 20.3 Å².